The van der Waals surface area contributed by atoms with Crippen molar-refractivity contribution in [1.29, 1.82) is 0 Å². The molecule has 4 rings (SSSR count). The molecule has 2 aliphatic rings. The van der Waals surface area contributed by atoms with Crippen molar-refractivity contribution in [3.63, 3.8) is 0 Å². The van der Waals surface area contributed by atoms with Crippen molar-refractivity contribution >= 4 is 58.8 Å². The number of rotatable bonds is 8. The number of nitrogens with zero attached hydrogens (tertiary/aromatic N) is 1. The molecule has 0 spiro atoms. The first-order valence-corrected chi connectivity index (χ1v) is 14.3. The van der Waals surface area contributed by atoms with E-state index in [0.29, 0.717) is 48.7 Å². The second-order valence-corrected chi connectivity index (χ2v) is 11.2. The third-order valence-corrected chi connectivity index (χ3v) is 9.11. The van der Waals surface area contributed by atoms with Gasteiger partial charge in [-0.1, -0.05) is 65.3 Å². The van der Waals surface area contributed by atoms with Gasteiger partial charge in [0.1, 0.15) is 5.75 Å². The van der Waals surface area contributed by atoms with E-state index in [9.17, 15) is 19.5 Å². The molecule has 7 nitrogen and oxygen atoms in total. The largest absolute Gasteiger partial charge is 0.496 e. The van der Waals surface area contributed by atoms with Crippen LogP contribution in [0.4, 0.5) is 0 Å². The van der Waals surface area contributed by atoms with Gasteiger partial charge in [-0.3, -0.25) is 19.3 Å². The standard InChI is InChI=1S/C29H30Cl2N2O5S/c1-38-22-8-4-5-9-23(22)39-24-12-10-18(26(30)27(24)31)11-13-25(34)33(19-14-16-32-17-15-19)28(35)20-6-2-3-7-21(20)29(36)37/h2-5,8-13,19-21,32H,6-7,14-17H2,1H3,(H,36,37)/b13-11+/t20-,21+/m0/s1. The number of ether oxygens (including phenoxy) is 1. The second-order valence-electron chi connectivity index (χ2n) is 9.39. The Morgan fingerprint density at radius 3 is 2.38 bits per heavy atom. The van der Waals surface area contributed by atoms with Gasteiger partial charge in [0.05, 0.1) is 33.9 Å². The summed E-state index contributed by atoms with van der Waals surface area (Å²) in [4.78, 5) is 41.9. The minimum atomic E-state index is -1.03. The molecular weight excluding hydrogens is 559 g/mol. The Morgan fingerprint density at radius 2 is 1.69 bits per heavy atom. The van der Waals surface area contributed by atoms with Crippen LogP contribution in [0.2, 0.25) is 10.0 Å². The lowest BCUT2D eigenvalue weighted by Gasteiger charge is -2.36. The minimum Gasteiger partial charge on any atom is -0.496 e. The van der Waals surface area contributed by atoms with E-state index in [2.05, 4.69) is 5.32 Å². The summed E-state index contributed by atoms with van der Waals surface area (Å²) in [5.74, 6) is -2.90. The molecule has 2 atom stereocenters. The molecule has 2 aromatic carbocycles. The summed E-state index contributed by atoms with van der Waals surface area (Å²) in [7, 11) is 1.60. The number of carboxylic acid groups (broad SMARTS) is 1. The van der Waals surface area contributed by atoms with Gasteiger partial charge in [0.15, 0.2) is 0 Å². The van der Waals surface area contributed by atoms with E-state index in [1.807, 2.05) is 36.4 Å². The Labute approximate surface area is 242 Å². The Hall–Kier alpha value is -2.78. The molecule has 0 saturated carbocycles. The average molecular weight is 590 g/mol. The third kappa shape index (κ3) is 6.87. The zero-order valence-corrected chi connectivity index (χ0v) is 23.8. The Morgan fingerprint density at radius 1 is 1.00 bits per heavy atom. The van der Waals surface area contributed by atoms with Crippen molar-refractivity contribution in [1.82, 2.24) is 10.2 Å². The summed E-state index contributed by atoms with van der Waals surface area (Å²) >= 11 is 14.6. The van der Waals surface area contributed by atoms with Gasteiger partial charge in [-0.2, -0.15) is 0 Å². The lowest BCUT2D eigenvalue weighted by Crippen LogP contribution is -2.52. The van der Waals surface area contributed by atoms with Crippen LogP contribution in [-0.2, 0) is 14.4 Å². The van der Waals surface area contributed by atoms with Gasteiger partial charge < -0.3 is 15.2 Å². The van der Waals surface area contributed by atoms with Gasteiger partial charge in [0.2, 0.25) is 5.91 Å². The summed E-state index contributed by atoms with van der Waals surface area (Å²) in [6.07, 6.45) is 8.23. The van der Waals surface area contributed by atoms with Crippen molar-refractivity contribution in [3.8, 4) is 5.75 Å². The van der Waals surface area contributed by atoms with Crippen LogP contribution < -0.4 is 10.1 Å². The van der Waals surface area contributed by atoms with Gasteiger partial charge in [-0.25, -0.2) is 0 Å². The van der Waals surface area contributed by atoms with E-state index in [4.69, 9.17) is 27.9 Å². The number of imide groups is 1. The van der Waals surface area contributed by atoms with Crippen LogP contribution in [0.3, 0.4) is 0 Å². The molecule has 1 fully saturated rings. The first-order chi connectivity index (χ1) is 18.8. The normalized spacial score (nSPS) is 19.7. The number of para-hydroxylation sites is 1. The number of carbonyl (C=O) groups is 3. The van der Waals surface area contributed by atoms with Gasteiger partial charge in [-0.15, -0.1) is 0 Å². The van der Waals surface area contributed by atoms with Gasteiger partial charge in [0, 0.05) is 17.0 Å². The number of methoxy groups -OCH3 is 1. The number of halogens is 2. The summed E-state index contributed by atoms with van der Waals surface area (Å²) in [5, 5.41) is 13.6. The first-order valence-electron chi connectivity index (χ1n) is 12.7. The Kier molecular flexibility index (Phi) is 10.1. The molecule has 1 saturated heterocycles. The number of carboxylic acids is 1. The highest BCUT2D eigenvalue weighted by molar-refractivity contribution is 7.99. The molecule has 0 bridgehead atoms. The molecule has 1 heterocycles. The predicted octanol–water partition coefficient (Wildman–Crippen LogP) is 5.94. The quantitative estimate of drug-likeness (QED) is 0.291. The van der Waals surface area contributed by atoms with Crippen LogP contribution in [0.25, 0.3) is 6.08 Å². The molecule has 10 heteroatoms. The van der Waals surface area contributed by atoms with E-state index >= 15 is 0 Å². The minimum absolute atomic E-state index is 0.267. The van der Waals surface area contributed by atoms with E-state index < -0.39 is 29.6 Å². The van der Waals surface area contributed by atoms with Crippen LogP contribution in [0.1, 0.15) is 31.2 Å². The van der Waals surface area contributed by atoms with Crippen LogP contribution in [0.5, 0.6) is 5.75 Å². The van der Waals surface area contributed by atoms with Crippen LogP contribution in [0, 0.1) is 11.8 Å². The number of allylic oxidation sites excluding steroid dienone is 2. The van der Waals surface area contributed by atoms with Gasteiger partial charge >= 0.3 is 5.97 Å². The smallest absolute Gasteiger partial charge is 0.307 e. The number of hydrogen-bond acceptors (Lipinski definition) is 6. The zero-order valence-electron chi connectivity index (χ0n) is 21.4. The van der Waals surface area contributed by atoms with Gasteiger partial charge in [0.25, 0.3) is 5.91 Å². The SMILES string of the molecule is COc1ccccc1Sc1ccc(/C=C/C(=O)N(C(=O)[C@H]2CC=CC[C@H]2C(=O)O)C2CCNCC2)c(Cl)c1Cl. The Balaban J connectivity index is 1.57. The van der Waals surface area contributed by atoms with Crippen molar-refractivity contribution in [2.45, 2.75) is 41.5 Å². The van der Waals surface area contributed by atoms with Crippen LogP contribution in [0.15, 0.2) is 64.4 Å². The fourth-order valence-corrected chi connectivity index (χ4v) is 6.42. The molecular formula is C29H30Cl2N2O5S. The molecule has 2 aromatic rings. The molecule has 39 heavy (non-hydrogen) atoms. The number of benzene rings is 2. The van der Waals surface area contributed by atoms with Crippen molar-refractivity contribution in [2.24, 2.45) is 11.8 Å². The lowest BCUT2D eigenvalue weighted by atomic mass is 9.81. The summed E-state index contributed by atoms with van der Waals surface area (Å²) < 4.78 is 5.41. The molecule has 0 aromatic heterocycles. The number of carbonyl (C=O) groups excluding carboxylic acids is 2. The van der Waals surface area contributed by atoms with Crippen LogP contribution >= 0.6 is 35.0 Å². The fourth-order valence-electron chi connectivity index (χ4n) is 4.89. The lowest BCUT2D eigenvalue weighted by molar-refractivity contribution is -0.156. The van der Waals surface area contributed by atoms with Gasteiger partial charge in [-0.05, 0) is 68.6 Å². The van der Waals surface area contributed by atoms with Crippen molar-refractivity contribution < 1.29 is 24.2 Å². The molecule has 2 amide bonds. The highest BCUT2D eigenvalue weighted by Gasteiger charge is 2.40. The van der Waals surface area contributed by atoms with E-state index in [1.165, 1.54) is 22.7 Å². The number of amides is 2. The van der Waals surface area contributed by atoms with E-state index in [1.54, 1.807) is 25.3 Å². The zero-order chi connectivity index (χ0) is 27.9. The highest BCUT2D eigenvalue weighted by Crippen LogP contribution is 2.42. The second kappa shape index (κ2) is 13.5. The number of aliphatic carboxylic acids is 1. The van der Waals surface area contributed by atoms with E-state index in [-0.39, 0.29) is 17.5 Å². The summed E-state index contributed by atoms with van der Waals surface area (Å²) in [6.45, 7) is 1.34. The fraction of sp³-hybridized carbons (Fsp3) is 0.345. The Bertz CT molecular complexity index is 1290. The van der Waals surface area contributed by atoms with Crippen molar-refractivity contribution in [2.75, 3.05) is 20.2 Å². The maximum absolute atomic E-state index is 13.7. The predicted molar refractivity (Wildman–Crippen MR) is 153 cm³/mol. The summed E-state index contributed by atoms with van der Waals surface area (Å²) in [5.41, 5.74) is 0.529. The summed E-state index contributed by atoms with van der Waals surface area (Å²) in [6, 6.07) is 10.8. The number of nitrogens with one attached hydrogen (secondary N) is 1. The monoisotopic (exact) mass is 588 g/mol. The third-order valence-electron chi connectivity index (χ3n) is 6.99. The average Bonchev–Trinajstić information content (AvgIpc) is 2.96. The van der Waals surface area contributed by atoms with E-state index in [0.717, 1.165) is 9.79 Å². The number of piperidine rings is 1. The number of hydrogen-bond donors (Lipinski definition) is 2. The molecule has 0 unspecified atom stereocenters. The maximum atomic E-state index is 13.7. The molecule has 1 aliphatic heterocycles. The molecule has 1 aliphatic carbocycles. The highest BCUT2D eigenvalue weighted by atomic mass is 35.5. The molecule has 206 valence electrons. The maximum Gasteiger partial charge on any atom is 0.307 e. The molecule has 0 radical (unpaired) electrons. The topological polar surface area (TPSA) is 95.9 Å². The molecule has 2 N–H and O–H groups in total. The first kappa shape index (κ1) is 29.2. The van der Waals surface area contributed by atoms with Crippen molar-refractivity contribution in [3.05, 3.63) is 70.2 Å². The van der Waals surface area contributed by atoms with Crippen LogP contribution in [-0.4, -0.2) is 54.0 Å².